The van der Waals surface area contributed by atoms with Crippen LogP contribution in [0.1, 0.15) is 25.7 Å². The molecule has 4 N–H and O–H groups in total. The molecule has 1 aliphatic rings. The molecule has 3 rings (SSSR count). The predicted octanol–water partition coefficient (Wildman–Crippen LogP) is 3.22. The number of halogens is 1. The Morgan fingerprint density at radius 3 is 2.57 bits per heavy atom. The lowest BCUT2D eigenvalue weighted by molar-refractivity contribution is 0.126. The third kappa shape index (κ3) is 4.24. The molecule has 122 valence electrons. The molecular formula is C16H19ClN4O2. The zero-order valence-electron chi connectivity index (χ0n) is 12.6. The fourth-order valence-corrected chi connectivity index (χ4v) is 2.73. The molecule has 0 unspecified atom stereocenters. The number of aromatic nitrogens is 2. The first kappa shape index (κ1) is 15.8. The van der Waals surface area contributed by atoms with Crippen molar-refractivity contribution in [2.24, 2.45) is 0 Å². The highest BCUT2D eigenvalue weighted by molar-refractivity contribution is 6.30. The van der Waals surface area contributed by atoms with Crippen LogP contribution in [0, 0.1) is 0 Å². The van der Waals surface area contributed by atoms with Crippen LogP contribution in [0.4, 0.5) is 11.8 Å². The minimum Gasteiger partial charge on any atom is -0.452 e. The van der Waals surface area contributed by atoms with E-state index in [0.717, 1.165) is 25.7 Å². The van der Waals surface area contributed by atoms with Crippen molar-refractivity contribution in [3.05, 3.63) is 35.5 Å². The number of anilines is 2. The zero-order valence-corrected chi connectivity index (χ0v) is 13.3. The van der Waals surface area contributed by atoms with Crippen LogP contribution in [0.25, 0.3) is 0 Å². The number of rotatable bonds is 4. The van der Waals surface area contributed by atoms with Gasteiger partial charge in [0.05, 0.1) is 12.3 Å². The van der Waals surface area contributed by atoms with Crippen molar-refractivity contribution in [1.82, 2.24) is 9.97 Å². The maximum atomic E-state index is 9.60. The lowest BCUT2D eigenvalue weighted by Crippen LogP contribution is -2.28. The van der Waals surface area contributed by atoms with Crippen LogP contribution in [-0.4, -0.2) is 27.2 Å². The Morgan fingerprint density at radius 2 is 1.87 bits per heavy atom. The molecule has 0 atom stereocenters. The van der Waals surface area contributed by atoms with Crippen molar-refractivity contribution in [3.63, 3.8) is 0 Å². The molecule has 0 bridgehead atoms. The van der Waals surface area contributed by atoms with Crippen LogP contribution in [0.3, 0.4) is 0 Å². The Morgan fingerprint density at radius 1 is 1.17 bits per heavy atom. The quantitative estimate of drug-likeness (QED) is 0.795. The largest absolute Gasteiger partial charge is 0.452 e. The Bertz CT molecular complexity index is 658. The van der Waals surface area contributed by atoms with Crippen molar-refractivity contribution in [2.45, 2.75) is 37.8 Å². The van der Waals surface area contributed by atoms with Gasteiger partial charge in [0.2, 0.25) is 5.95 Å². The summed E-state index contributed by atoms with van der Waals surface area (Å²) in [5.74, 6) is 1.90. The molecule has 0 amide bonds. The number of nitrogens with one attached hydrogen (secondary N) is 1. The second-order valence-electron chi connectivity index (χ2n) is 5.65. The summed E-state index contributed by atoms with van der Waals surface area (Å²) in [6.45, 7) is 0. The first-order valence-corrected chi connectivity index (χ1v) is 7.98. The third-order valence-corrected chi connectivity index (χ3v) is 4.10. The summed E-state index contributed by atoms with van der Waals surface area (Å²) < 4.78 is 5.83. The van der Waals surface area contributed by atoms with E-state index in [9.17, 15) is 5.11 Å². The Labute approximate surface area is 139 Å². The molecule has 1 heterocycles. The SMILES string of the molecule is Nc1ncc(Oc2ccc(Cl)cc2)c(NC2CCC(O)CC2)n1. The lowest BCUT2D eigenvalue weighted by Gasteiger charge is -2.27. The minimum absolute atomic E-state index is 0.187. The van der Waals surface area contributed by atoms with E-state index < -0.39 is 0 Å². The zero-order chi connectivity index (χ0) is 16.2. The molecule has 0 aliphatic heterocycles. The number of aliphatic hydroxyl groups is 1. The minimum atomic E-state index is -0.201. The molecule has 0 spiro atoms. The number of nitrogen functional groups attached to an aromatic ring is 1. The summed E-state index contributed by atoms with van der Waals surface area (Å²) in [5.41, 5.74) is 5.69. The van der Waals surface area contributed by atoms with E-state index in [4.69, 9.17) is 22.1 Å². The molecule has 23 heavy (non-hydrogen) atoms. The molecule has 1 saturated carbocycles. The van der Waals surface area contributed by atoms with E-state index >= 15 is 0 Å². The van der Waals surface area contributed by atoms with E-state index in [2.05, 4.69) is 15.3 Å². The Kier molecular flexibility index (Phi) is 4.83. The number of ether oxygens (including phenoxy) is 1. The molecule has 0 radical (unpaired) electrons. The molecule has 6 nitrogen and oxygen atoms in total. The maximum Gasteiger partial charge on any atom is 0.222 e. The summed E-state index contributed by atoms with van der Waals surface area (Å²) in [6, 6.07) is 7.30. The first-order chi connectivity index (χ1) is 11.1. The van der Waals surface area contributed by atoms with Crippen molar-refractivity contribution in [2.75, 3.05) is 11.1 Å². The van der Waals surface area contributed by atoms with Crippen molar-refractivity contribution in [1.29, 1.82) is 0 Å². The molecule has 1 aromatic carbocycles. The Hall–Kier alpha value is -2.05. The van der Waals surface area contributed by atoms with Gasteiger partial charge in [-0.1, -0.05) is 11.6 Å². The normalized spacial score (nSPS) is 21.0. The van der Waals surface area contributed by atoms with Gasteiger partial charge in [0.1, 0.15) is 5.75 Å². The molecule has 0 saturated heterocycles. The van der Waals surface area contributed by atoms with E-state index in [1.165, 1.54) is 0 Å². The van der Waals surface area contributed by atoms with E-state index in [-0.39, 0.29) is 18.1 Å². The number of aliphatic hydroxyl groups excluding tert-OH is 1. The second kappa shape index (κ2) is 7.02. The van der Waals surface area contributed by atoms with Crippen LogP contribution in [0.5, 0.6) is 11.5 Å². The summed E-state index contributed by atoms with van der Waals surface area (Å²) in [5, 5.41) is 13.6. The topological polar surface area (TPSA) is 93.3 Å². The third-order valence-electron chi connectivity index (χ3n) is 3.85. The fraction of sp³-hybridized carbons (Fsp3) is 0.375. The first-order valence-electron chi connectivity index (χ1n) is 7.60. The standard InChI is InChI=1S/C16H19ClN4O2/c17-10-1-7-13(8-2-10)23-14-9-19-16(18)21-15(14)20-11-3-5-12(22)6-4-11/h1-2,7-9,11-12,22H,3-6H2,(H3,18,19,20,21). The molecule has 1 aliphatic carbocycles. The van der Waals surface area contributed by atoms with Gasteiger partial charge in [0.15, 0.2) is 11.6 Å². The molecule has 2 aromatic rings. The van der Waals surface area contributed by atoms with Gasteiger partial charge in [-0.3, -0.25) is 0 Å². The van der Waals surface area contributed by atoms with Crippen LogP contribution in [-0.2, 0) is 0 Å². The van der Waals surface area contributed by atoms with Gasteiger partial charge in [-0.2, -0.15) is 4.98 Å². The summed E-state index contributed by atoms with van der Waals surface area (Å²) in [7, 11) is 0. The molecular weight excluding hydrogens is 316 g/mol. The van der Waals surface area contributed by atoms with Crippen LogP contribution in [0.15, 0.2) is 30.5 Å². The highest BCUT2D eigenvalue weighted by atomic mass is 35.5. The van der Waals surface area contributed by atoms with Crippen LogP contribution in [0.2, 0.25) is 5.02 Å². The van der Waals surface area contributed by atoms with E-state index in [0.29, 0.717) is 22.3 Å². The fourth-order valence-electron chi connectivity index (χ4n) is 2.61. The van der Waals surface area contributed by atoms with Gasteiger partial charge in [-0.15, -0.1) is 0 Å². The van der Waals surface area contributed by atoms with Gasteiger partial charge in [0.25, 0.3) is 0 Å². The lowest BCUT2D eigenvalue weighted by atomic mass is 9.93. The summed E-state index contributed by atoms with van der Waals surface area (Å²) >= 11 is 5.88. The van der Waals surface area contributed by atoms with E-state index in [1.54, 1.807) is 30.5 Å². The van der Waals surface area contributed by atoms with Crippen LogP contribution < -0.4 is 15.8 Å². The maximum absolute atomic E-state index is 9.60. The van der Waals surface area contributed by atoms with Crippen molar-refractivity contribution in [3.8, 4) is 11.5 Å². The highest BCUT2D eigenvalue weighted by Gasteiger charge is 2.21. The van der Waals surface area contributed by atoms with Crippen molar-refractivity contribution < 1.29 is 9.84 Å². The van der Waals surface area contributed by atoms with Gasteiger partial charge in [-0.05, 0) is 49.9 Å². The van der Waals surface area contributed by atoms with Gasteiger partial charge in [-0.25, -0.2) is 4.98 Å². The number of hydrogen-bond acceptors (Lipinski definition) is 6. The Balaban J connectivity index is 1.76. The average Bonchev–Trinajstić information content (AvgIpc) is 2.54. The average molecular weight is 335 g/mol. The van der Waals surface area contributed by atoms with Crippen molar-refractivity contribution >= 4 is 23.4 Å². The number of nitrogens with zero attached hydrogens (tertiary/aromatic N) is 2. The predicted molar refractivity (Wildman–Crippen MR) is 89.9 cm³/mol. The summed E-state index contributed by atoms with van der Waals surface area (Å²) in [4.78, 5) is 8.24. The smallest absolute Gasteiger partial charge is 0.222 e. The highest BCUT2D eigenvalue weighted by Crippen LogP contribution is 2.31. The molecule has 7 heteroatoms. The molecule has 1 aromatic heterocycles. The number of nitrogens with two attached hydrogens (primary N) is 1. The summed E-state index contributed by atoms with van der Waals surface area (Å²) in [6.07, 6.45) is 4.68. The van der Waals surface area contributed by atoms with Gasteiger partial charge < -0.3 is 20.9 Å². The van der Waals surface area contributed by atoms with Crippen LogP contribution >= 0.6 is 11.6 Å². The monoisotopic (exact) mass is 334 g/mol. The molecule has 1 fully saturated rings. The second-order valence-corrected chi connectivity index (χ2v) is 6.08. The number of hydrogen-bond donors (Lipinski definition) is 3. The van der Waals surface area contributed by atoms with Gasteiger partial charge >= 0.3 is 0 Å². The van der Waals surface area contributed by atoms with Gasteiger partial charge in [0, 0.05) is 11.1 Å². The number of benzene rings is 1. The van der Waals surface area contributed by atoms with E-state index in [1.807, 2.05) is 0 Å².